The van der Waals surface area contributed by atoms with E-state index in [0.717, 1.165) is 22.2 Å². The summed E-state index contributed by atoms with van der Waals surface area (Å²) < 4.78 is 12.5. The molecular formula is C27H22Br2N2O5S. The van der Waals surface area contributed by atoms with Crippen LogP contribution in [0.3, 0.4) is 0 Å². The first-order valence-corrected chi connectivity index (χ1v) is 13.5. The van der Waals surface area contributed by atoms with Gasteiger partial charge in [0.15, 0.2) is 0 Å². The van der Waals surface area contributed by atoms with E-state index in [0.29, 0.717) is 38.3 Å². The Morgan fingerprint density at radius 1 is 1.03 bits per heavy atom. The highest BCUT2D eigenvalue weighted by Gasteiger charge is 2.36. The summed E-state index contributed by atoms with van der Waals surface area (Å²) in [6.07, 6.45) is 1.62. The van der Waals surface area contributed by atoms with E-state index in [2.05, 4.69) is 37.2 Å². The van der Waals surface area contributed by atoms with Crippen LogP contribution >= 0.6 is 43.6 Å². The number of nitrogens with zero attached hydrogens (tertiary/aromatic N) is 1. The third-order valence-corrected chi connectivity index (χ3v) is 7.46. The molecule has 190 valence electrons. The molecule has 0 aliphatic carbocycles. The number of amides is 3. The zero-order chi connectivity index (χ0) is 26.5. The third kappa shape index (κ3) is 6.82. The Labute approximate surface area is 235 Å². The van der Waals surface area contributed by atoms with Crippen molar-refractivity contribution in [2.24, 2.45) is 0 Å². The average Bonchev–Trinajstić information content (AvgIpc) is 3.12. The zero-order valence-electron chi connectivity index (χ0n) is 19.9. The number of hydrogen-bond acceptors (Lipinski definition) is 6. The van der Waals surface area contributed by atoms with Crippen LogP contribution in [0.15, 0.2) is 74.5 Å². The first-order valence-electron chi connectivity index (χ1n) is 11.1. The quantitative estimate of drug-likeness (QED) is 0.272. The van der Waals surface area contributed by atoms with Crippen molar-refractivity contribution in [3.05, 3.63) is 91.2 Å². The number of rotatable bonds is 8. The van der Waals surface area contributed by atoms with E-state index in [1.807, 2.05) is 31.2 Å². The third-order valence-electron chi connectivity index (χ3n) is 5.37. The topological polar surface area (TPSA) is 84.9 Å². The van der Waals surface area contributed by atoms with Gasteiger partial charge in [0.25, 0.3) is 11.1 Å². The monoisotopic (exact) mass is 644 g/mol. The van der Waals surface area contributed by atoms with Crippen LogP contribution < -0.4 is 14.8 Å². The summed E-state index contributed by atoms with van der Waals surface area (Å²) in [5.74, 6) is 0.278. The fourth-order valence-electron chi connectivity index (χ4n) is 3.45. The summed E-state index contributed by atoms with van der Waals surface area (Å²) in [6.45, 7) is 2.05. The largest absolute Gasteiger partial charge is 0.497 e. The molecule has 3 amide bonds. The van der Waals surface area contributed by atoms with Gasteiger partial charge in [0.05, 0.1) is 21.0 Å². The Bertz CT molecular complexity index is 1350. The number of carbonyl (C=O) groups excluding carboxylic acids is 3. The van der Waals surface area contributed by atoms with E-state index >= 15 is 0 Å². The number of hydrogen-bond donors (Lipinski definition) is 1. The van der Waals surface area contributed by atoms with Gasteiger partial charge in [0, 0.05) is 5.69 Å². The van der Waals surface area contributed by atoms with Crippen molar-refractivity contribution >= 4 is 72.4 Å². The summed E-state index contributed by atoms with van der Waals surface area (Å²) in [5.41, 5.74) is 3.44. The fourth-order valence-corrected chi connectivity index (χ4v) is 5.74. The molecule has 0 aromatic heterocycles. The maximum atomic E-state index is 12.9. The summed E-state index contributed by atoms with van der Waals surface area (Å²) in [5, 5.41) is 2.18. The van der Waals surface area contributed by atoms with Gasteiger partial charge in [-0.15, -0.1) is 0 Å². The Morgan fingerprint density at radius 3 is 2.30 bits per heavy atom. The highest BCUT2D eigenvalue weighted by atomic mass is 79.9. The molecule has 7 nitrogen and oxygen atoms in total. The molecule has 1 fully saturated rings. The molecule has 0 spiro atoms. The Hall–Kier alpha value is -3.08. The van der Waals surface area contributed by atoms with Gasteiger partial charge in [-0.05, 0) is 104 Å². The van der Waals surface area contributed by atoms with Crippen LogP contribution in [0, 0.1) is 6.92 Å². The maximum absolute atomic E-state index is 12.9. The zero-order valence-corrected chi connectivity index (χ0v) is 23.9. The second kappa shape index (κ2) is 12.0. The van der Waals surface area contributed by atoms with Crippen LogP contribution in [0.2, 0.25) is 0 Å². The molecule has 0 unspecified atom stereocenters. The molecule has 1 saturated heterocycles. The van der Waals surface area contributed by atoms with Crippen molar-refractivity contribution in [1.82, 2.24) is 4.90 Å². The molecular weight excluding hydrogens is 624 g/mol. The summed E-state index contributed by atoms with van der Waals surface area (Å²) in [6, 6.07) is 18.4. The number of benzene rings is 3. The smallest absolute Gasteiger partial charge is 0.294 e. The van der Waals surface area contributed by atoms with E-state index in [1.165, 1.54) is 5.56 Å². The van der Waals surface area contributed by atoms with E-state index in [9.17, 15) is 14.4 Å². The Kier molecular flexibility index (Phi) is 8.73. The number of thioether (sulfide) groups is 1. The van der Waals surface area contributed by atoms with E-state index in [4.69, 9.17) is 9.47 Å². The molecule has 10 heteroatoms. The van der Waals surface area contributed by atoms with Crippen LogP contribution in [0.4, 0.5) is 10.5 Å². The fraction of sp³-hybridized carbons (Fsp3) is 0.148. The second-order valence-corrected chi connectivity index (χ2v) is 10.8. The summed E-state index contributed by atoms with van der Waals surface area (Å²) >= 11 is 7.86. The Morgan fingerprint density at radius 2 is 1.68 bits per heavy atom. The van der Waals surface area contributed by atoms with Crippen molar-refractivity contribution < 1.29 is 23.9 Å². The number of ether oxygens (including phenoxy) is 2. The van der Waals surface area contributed by atoms with Crippen molar-refractivity contribution in [2.45, 2.75) is 13.5 Å². The average molecular weight is 646 g/mol. The highest BCUT2D eigenvalue weighted by Crippen LogP contribution is 2.38. The molecule has 0 atom stereocenters. The molecule has 4 rings (SSSR count). The summed E-state index contributed by atoms with van der Waals surface area (Å²) in [7, 11) is 1.55. The number of anilines is 1. The van der Waals surface area contributed by atoms with Crippen molar-refractivity contribution in [1.29, 1.82) is 0 Å². The molecule has 1 aliphatic rings. The number of imide groups is 1. The molecule has 3 aromatic carbocycles. The van der Waals surface area contributed by atoms with Crippen molar-refractivity contribution in [3.8, 4) is 11.5 Å². The predicted octanol–water partition coefficient (Wildman–Crippen LogP) is 6.78. The lowest BCUT2D eigenvalue weighted by atomic mass is 10.1. The van der Waals surface area contributed by atoms with Gasteiger partial charge in [-0.1, -0.05) is 29.8 Å². The first kappa shape index (κ1) is 27.0. The number of methoxy groups -OCH3 is 1. The lowest BCUT2D eigenvalue weighted by molar-refractivity contribution is -0.127. The summed E-state index contributed by atoms with van der Waals surface area (Å²) in [4.78, 5) is 39.0. The van der Waals surface area contributed by atoms with Crippen LogP contribution in [-0.4, -0.2) is 35.6 Å². The minimum absolute atomic E-state index is 0.231. The van der Waals surface area contributed by atoms with Gasteiger partial charge < -0.3 is 14.8 Å². The van der Waals surface area contributed by atoms with Crippen molar-refractivity contribution in [2.75, 3.05) is 19.0 Å². The van der Waals surface area contributed by atoms with Crippen LogP contribution in [0.5, 0.6) is 11.5 Å². The number of nitrogens with one attached hydrogen (secondary N) is 1. The number of carbonyl (C=O) groups is 3. The Balaban J connectivity index is 1.41. The molecule has 37 heavy (non-hydrogen) atoms. The van der Waals surface area contributed by atoms with Gasteiger partial charge in [-0.2, -0.15) is 0 Å². The SMILES string of the molecule is COc1ccc(NC(=O)CN2C(=O)S/C(=C/c3cc(Br)c(OCc4ccc(C)cc4)c(Br)c3)C2=O)cc1. The van der Waals surface area contributed by atoms with Gasteiger partial charge in [-0.3, -0.25) is 19.3 Å². The number of aryl methyl sites for hydroxylation is 1. The van der Waals surface area contributed by atoms with E-state index < -0.39 is 17.1 Å². The van der Waals surface area contributed by atoms with Gasteiger partial charge in [0.1, 0.15) is 24.7 Å². The lowest BCUT2D eigenvalue weighted by Crippen LogP contribution is -2.36. The maximum Gasteiger partial charge on any atom is 0.294 e. The molecule has 3 aromatic rings. The first-order chi connectivity index (χ1) is 17.7. The standard InChI is InChI=1S/C27H22Br2N2O5S/c1-16-3-5-17(6-4-16)15-36-25-21(28)11-18(12-22(25)29)13-23-26(33)31(27(34)37-23)14-24(32)30-19-7-9-20(35-2)10-8-19/h3-13H,14-15H2,1-2H3,(H,30,32)/b23-13+. The van der Waals surface area contributed by atoms with Crippen LogP contribution in [0.25, 0.3) is 6.08 Å². The second-order valence-electron chi connectivity index (χ2n) is 8.13. The molecule has 1 N–H and O–H groups in total. The normalized spacial score (nSPS) is 14.3. The highest BCUT2D eigenvalue weighted by molar-refractivity contribution is 9.11. The number of halogens is 2. The van der Waals surface area contributed by atoms with E-state index in [1.54, 1.807) is 49.6 Å². The van der Waals surface area contributed by atoms with Crippen LogP contribution in [-0.2, 0) is 16.2 Å². The van der Waals surface area contributed by atoms with Crippen LogP contribution in [0.1, 0.15) is 16.7 Å². The predicted molar refractivity (Wildman–Crippen MR) is 152 cm³/mol. The molecule has 1 aliphatic heterocycles. The molecule has 1 heterocycles. The lowest BCUT2D eigenvalue weighted by Gasteiger charge is -2.13. The van der Waals surface area contributed by atoms with Gasteiger partial charge in [-0.25, -0.2) is 0 Å². The van der Waals surface area contributed by atoms with E-state index in [-0.39, 0.29) is 11.4 Å². The van der Waals surface area contributed by atoms with Gasteiger partial charge in [0.2, 0.25) is 5.91 Å². The van der Waals surface area contributed by atoms with Crippen molar-refractivity contribution in [3.63, 3.8) is 0 Å². The minimum atomic E-state index is -0.521. The molecule has 0 radical (unpaired) electrons. The van der Waals surface area contributed by atoms with Gasteiger partial charge >= 0.3 is 0 Å². The molecule has 0 saturated carbocycles. The molecule has 0 bridgehead atoms. The minimum Gasteiger partial charge on any atom is -0.497 e.